The van der Waals surface area contributed by atoms with Crippen LogP contribution in [-0.2, 0) is 6.42 Å². The Kier molecular flexibility index (Phi) is 4.26. The second kappa shape index (κ2) is 5.91. The van der Waals surface area contributed by atoms with E-state index in [1.165, 1.54) is 10.5 Å². The lowest BCUT2D eigenvalue weighted by Gasteiger charge is -2.00. The highest BCUT2D eigenvalue weighted by Crippen LogP contribution is 2.21. The number of benzene rings is 1. The average molecular weight is 261 g/mol. The van der Waals surface area contributed by atoms with Crippen LogP contribution in [0.25, 0.3) is 0 Å². The first-order valence-corrected chi connectivity index (χ1v) is 7.04. The summed E-state index contributed by atoms with van der Waals surface area (Å²) in [5, 5.41) is 0. The minimum Gasteiger partial charge on any atom is -0.497 e. The van der Waals surface area contributed by atoms with Crippen molar-refractivity contribution in [3.05, 3.63) is 53.5 Å². The van der Waals surface area contributed by atoms with Gasteiger partial charge in [-0.05, 0) is 24.0 Å². The van der Waals surface area contributed by atoms with Crippen molar-refractivity contribution in [2.75, 3.05) is 13.4 Å². The molecule has 0 amide bonds. The van der Waals surface area contributed by atoms with E-state index < -0.39 is 0 Å². The Hall–Kier alpha value is -1.48. The third-order valence-electron chi connectivity index (χ3n) is 2.71. The summed E-state index contributed by atoms with van der Waals surface area (Å²) in [6.45, 7) is 1.98. The van der Waals surface area contributed by atoms with E-state index in [0.717, 1.165) is 23.7 Å². The van der Waals surface area contributed by atoms with E-state index in [9.17, 15) is 0 Å². The summed E-state index contributed by atoms with van der Waals surface area (Å²) in [5.74, 6) is 2.82. The lowest BCUT2D eigenvalue weighted by atomic mass is 10.1. The van der Waals surface area contributed by atoms with Crippen LogP contribution in [0.5, 0.6) is 5.75 Å². The van der Waals surface area contributed by atoms with Crippen LogP contribution in [-0.4, -0.2) is 13.4 Å². The molecule has 0 aliphatic rings. The fourth-order valence-corrected chi connectivity index (χ4v) is 2.35. The zero-order valence-electron chi connectivity index (χ0n) is 10.9. The monoisotopic (exact) mass is 261 g/mol. The Balaban J connectivity index is 2.19. The Morgan fingerprint density at radius 3 is 2.50 bits per heavy atom. The van der Waals surface area contributed by atoms with Crippen molar-refractivity contribution in [1.29, 1.82) is 0 Å². The maximum atomic E-state index is 5.74. The van der Waals surface area contributed by atoms with Crippen LogP contribution in [0.3, 0.4) is 0 Å². The molecule has 94 valence electrons. The molecule has 2 rings (SSSR count). The smallest absolute Gasteiger partial charge is 0.334 e. The maximum Gasteiger partial charge on any atom is 0.334 e. The largest absolute Gasteiger partial charge is 0.497 e. The van der Waals surface area contributed by atoms with Gasteiger partial charge in [-0.25, -0.2) is 4.42 Å². The first-order valence-electron chi connectivity index (χ1n) is 5.82. The van der Waals surface area contributed by atoms with Crippen LogP contribution in [0.15, 0.2) is 45.7 Å². The number of aryl methyl sites for hydroxylation is 1. The van der Waals surface area contributed by atoms with Gasteiger partial charge in [0.2, 0.25) is 0 Å². The van der Waals surface area contributed by atoms with E-state index >= 15 is 0 Å². The van der Waals surface area contributed by atoms with Gasteiger partial charge in [-0.3, -0.25) is 0 Å². The standard InChI is InChI=1S/C15H17O2S/c1-11-8-15(18-3)10-14(17-11)9-12-4-6-13(16-2)7-5-12/h4-8,10H,9H2,1-3H3/q+1. The highest BCUT2D eigenvalue weighted by atomic mass is 32.2. The number of methoxy groups -OCH3 is 1. The highest BCUT2D eigenvalue weighted by Gasteiger charge is 2.13. The lowest BCUT2D eigenvalue weighted by Crippen LogP contribution is -1.90. The predicted molar refractivity (Wildman–Crippen MR) is 75.4 cm³/mol. The number of rotatable bonds is 4. The zero-order valence-corrected chi connectivity index (χ0v) is 11.7. The number of ether oxygens (including phenoxy) is 1. The molecule has 2 nitrogen and oxygen atoms in total. The molecule has 0 fully saturated rings. The molecule has 1 aromatic carbocycles. The third kappa shape index (κ3) is 3.26. The molecule has 1 heterocycles. The van der Waals surface area contributed by atoms with Crippen LogP contribution >= 0.6 is 11.8 Å². The summed E-state index contributed by atoms with van der Waals surface area (Å²) in [6.07, 6.45) is 2.88. The average Bonchev–Trinajstić information content (AvgIpc) is 2.39. The Labute approximate surface area is 112 Å². The molecular formula is C15H17O2S+. The molecule has 2 aromatic rings. The fraction of sp³-hybridized carbons (Fsp3) is 0.267. The first-order chi connectivity index (χ1) is 8.71. The molecule has 0 aliphatic heterocycles. The molecule has 0 N–H and O–H groups in total. The molecular weight excluding hydrogens is 244 g/mol. The SMILES string of the molecule is COc1ccc(Cc2cc(SC)cc(C)[o+]2)cc1. The van der Waals surface area contributed by atoms with E-state index in [0.29, 0.717) is 0 Å². The molecule has 0 saturated heterocycles. The lowest BCUT2D eigenvalue weighted by molar-refractivity contribution is 0.414. The van der Waals surface area contributed by atoms with Crippen LogP contribution < -0.4 is 4.74 Å². The van der Waals surface area contributed by atoms with Gasteiger partial charge < -0.3 is 4.74 Å². The second-order valence-electron chi connectivity index (χ2n) is 4.10. The first kappa shape index (κ1) is 13.0. The van der Waals surface area contributed by atoms with Gasteiger partial charge in [0, 0.05) is 4.90 Å². The molecule has 0 spiro atoms. The van der Waals surface area contributed by atoms with Crippen LogP contribution in [0.4, 0.5) is 0 Å². The molecule has 0 bridgehead atoms. The molecule has 1 aromatic heterocycles. The van der Waals surface area contributed by atoms with E-state index in [-0.39, 0.29) is 0 Å². The van der Waals surface area contributed by atoms with Crippen molar-refractivity contribution in [3.63, 3.8) is 0 Å². The fourth-order valence-electron chi connectivity index (χ4n) is 1.82. The number of hydrogen-bond donors (Lipinski definition) is 0. The Morgan fingerprint density at radius 2 is 1.89 bits per heavy atom. The van der Waals surface area contributed by atoms with Gasteiger partial charge in [0.15, 0.2) is 0 Å². The second-order valence-corrected chi connectivity index (χ2v) is 4.98. The highest BCUT2D eigenvalue weighted by molar-refractivity contribution is 7.98. The van der Waals surface area contributed by atoms with Crippen molar-refractivity contribution in [3.8, 4) is 5.75 Å². The predicted octanol–water partition coefficient (Wildman–Crippen LogP) is 4.19. The van der Waals surface area contributed by atoms with E-state index in [4.69, 9.17) is 9.15 Å². The number of thioether (sulfide) groups is 1. The van der Waals surface area contributed by atoms with Crippen LogP contribution in [0.1, 0.15) is 17.1 Å². The molecule has 0 aliphatic carbocycles. The van der Waals surface area contributed by atoms with Crippen molar-refractivity contribution in [2.45, 2.75) is 18.2 Å². The molecule has 0 unspecified atom stereocenters. The normalized spacial score (nSPS) is 10.4. The molecule has 18 heavy (non-hydrogen) atoms. The van der Waals surface area contributed by atoms with Gasteiger partial charge in [-0.2, -0.15) is 0 Å². The summed E-state index contributed by atoms with van der Waals surface area (Å²) in [7, 11) is 1.68. The van der Waals surface area contributed by atoms with E-state index in [1.807, 2.05) is 19.1 Å². The van der Waals surface area contributed by atoms with E-state index in [1.54, 1.807) is 18.9 Å². The maximum absolute atomic E-state index is 5.74. The van der Waals surface area contributed by atoms with Crippen molar-refractivity contribution >= 4 is 11.8 Å². The van der Waals surface area contributed by atoms with Gasteiger partial charge in [-0.1, -0.05) is 12.1 Å². The van der Waals surface area contributed by atoms with Crippen molar-refractivity contribution < 1.29 is 9.15 Å². The van der Waals surface area contributed by atoms with Crippen molar-refractivity contribution in [1.82, 2.24) is 0 Å². The molecule has 3 heteroatoms. The van der Waals surface area contributed by atoms with Crippen LogP contribution in [0.2, 0.25) is 0 Å². The van der Waals surface area contributed by atoms with Crippen LogP contribution in [0, 0.1) is 6.92 Å². The summed E-state index contributed by atoms with van der Waals surface area (Å²) < 4.78 is 10.9. The third-order valence-corrected chi connectivity index (χ3v) is 3.42. The van der Waals surface area contributed by atoms with E-state index in [2.05, 4.69) is 30.5 Å². The Bertz CT molecular complexity index is 521. The van der Waals surface area contributed by atoms with Gasteiger partial charge in [0.05, 0.1) is 32.6 Å². The van der Waals surface area contributed by atoms with Crippen molar-refractivity contribution in [2.24, 2.45) is 0 Å². The summed E-state index contributed by atoms with van der Waals surface area (Å²) in [6, 6.07) is 12.2. The molecule has 0 saturated carbocycles. The quantitative estimate of drug-likeness (QED) is 0.608. The van der Waals surface area contributed by atoms with Gasteiger partial charge in [0.25, 0.3) is 0 Å². The number of hydrogen-bond acceptors (Lipinski definition) is 2. The molecule has 0 radical (unpaired) electrons. The Morgan fingerprint density at radius 1 is 1.17 bits per heavy atom. The van der Waals surface area contributed by atoms with Gasteiger partial charge in [-0.15, -0.1) is 11.8 Å². The summed E-state index contributed by atoms with van der Waals surface area (Å²) in [4.78, 5) is 1.24. The summed E-state index contributed by atoms with van der Waals surface area (Å²) in [5.41, 5.74) is 1.22. The minimum atomic E-state index is 0.805. The topological polar surface area (TPSA) is 20.5 Å². The zero-order chi connectivity index (χ0) is 13.0. The minimum absolute atomic E-state index is 0.805. The summed E-state index contributed by atoms with van der Waals surface area (Å²) >= 11 is 1.73. The molecule has 0 atom stereocenters. The van der Waals surface area contributed by atoms with Gasteiger partial charge >= 0.3 is 11.5 Å². The van der Waals surface area contributed by atoms with Gasteiger partial charge in [0.1, 0.15) is 5.75 Å².